The van der Waals surface area contributed by atoms with Gasteiger partial charge in [0.05, 0.1) is 11.3 Å². The average Bonchev–Trinajstić information content (AvgIpc) is 3.36. The van der Waals surface area contributed by atoms with Gasteiger partial charge in [-0.25, -0.2) is 4.79 Å². The minimum Gasteiger partial charge on any atom is -0.454 e. The van der Waals surface area contributed by atoms with Gasteiger partial charge in [-0.3, -0.25) is 4.98 Å². The van der Waals surface area contributed by atoms with Gasteiger partial charge >= 0.3 is 5.97 Å². The van der Waals surface area contributed by atoms with Crippen LogP contribution in [-0.4, -0.2) is 24.5 Å². The van der Waals surface area contributed by atoms with Gasteiger partial charge in [0.25, 0.3) is 0 Å². The molecule has 1 atom stereocenters. The van der Waals surface area contributed by atoms with Gasteiger partial charge in [0, 0.05) is 17.1 Å². The monoisotopic (exact) mass is 349 g/mol. The quantitative estimate of drug-likeness (QED) is 0.625. The van der Waals surface area contributed by atoms with Gasteiger partial charge in [-0.2, -0.15) is 0 Å². The number of hydrogen-bond acceptors (Lipinski definition) is 7. The molecule has 0 aliphatic carbocycles. The Bertz CT molecular complexity index is 1110. The highest BCUT2D eigenvalue weighted by atomic mass is 16.7. The van der Waals surface area contributed by atoms with Crippen LogP contribution < -0.4 is 18.9 Å². The molecule has 3 aliphatic heterocycles. The Kier molecular flexibility index (Phi) is 2.53. The second kappa shape index (κ2) is 4.78. The summed E-state index contributed by atoms with van der Waals surface area (Å²) in [6.07, 6.45) is 1.08. The van der Waals surface area contributed by atoms with Gasteiger partial charge in [0.1, 0.15) is 0 Å². The summed E-state index contributed by atoms with van der Waals surface area (Å²) in [6.45, 7) is 0.340. The first-order valence-corrected chi connectivity index (χ1v) is 8.11. The molecule has 2 aromatic carbocycles. The van der Waals surface area contributed by atoms with E-state index in [0.29, 0.717) is 34.3 Å². The van der Waals surface area contributed by atoms with E-state index in [1.165, 1.54) is 0 Å². The van der Waals surface area contributed by atoms with Crippen molar-refractivity contribution in [1.82, 2.24) is 4.98 Å². The number of ether oxygens (including phenoxy) is 5. The summed E-state index contributed by atoms with van der Waals surface area (Å²) in [6, 6.07) is 9.12. The SMILES string of the molecule is O=C1OC(c2nccc3cc4c(cc23)OCO4)c2cc3c(cc21)OCO3. The number of cyclic esters (lactones) is 1. The fraction of sp³-hybridized carbons (Fsp3) is 0.158. The molecule has 6 rings (SSSR count). The predicted molar refractivity (Wildman–Crippen MR) is 87.7 cm³/mol. The van der Waals surface area contributed by atoms with Gasteiger partial charge in [-0.15, -0.1) is 0 Å². The fourth-order valence-electron chi connectivity index (χ4n) is 3.58. The van der Waals surface area contributed by atoms with Crippen molar-refractivity contribution in [3.05, 3.63) is 53.3 Å². The highest BCUT2D eigenvalue weighted by Crippen LogP contribution is 2.45. The topological polar surface area (TPSA) is 76.1 Å². The second-order valence-corrected chi connectivity index (χ2v) is 6.20. The van der Waals surface area contributed by atoms with Gasteiger partial charge in [0.15, 0.2) is 29.1 Å². The number of carbonyl (C=O) groups excluding carboxylic acids is 1. The number of benzene rings is 2. The number of aromatic nitrogens is 1. The third-order valence-electron chi connectivity index (χ3n) is 4.81. The lowest BCUT2D eigenvalue weighted by atomic mass is 9.98. The zero-order valence-corrected chi connectivity index (χ0v) is 13.4. The van der Waals surface area contributed by atoms with E-state index in [-0.39, 0.29) is 13.6 Å². The third kappa shape index (κ3) is 1.77. The molecule has 128 valence electrons. The van der Waals surface area contributed by atoms with Crippen LogP contribution >= 0.6 is 0 Å². The van der Waals surface area contributed by atoms with Gasteiger partial charge in [-0.1, -0.05) is 0 Å². The predicted octanol–water partition coefficient (Wildman–Crippen LogP) is 2.95. The number of pyridine rings is 1. The van der Waals surface area contributed by atoms with Crippen molar-refractivity contribution < 1.29 is 28.5 Å². The smallest absolute Gasteiger partial charge is 0.339 e. The lowest BCUT2D eigenvalue weighted by Crippen LogP contribution is -2.04. The maximum absolute atomic E-state index is 12.4. The van der Waals surface area contributed by atoms with Crippen LogP contribution in [-0.2, 0) is 4.74 Å². The van der Waals surface area contributed by atoms with Crippen LogP contribution in [0.2, 0.25) is 0 Å². The molecule has 0 spiro atoms. The van der Waals surface area contributed by atoms with Gasteiger partial charge < -0.3 is 23.7 Å². The Morgan fingerprint density at radius 1 is 0.885 bits per heavy atom. The molecule has 0 amide bonds. The Labute approximate surface area is 147 Å². The Morgan fingerprint density at radius 3 is 2.38 bits per heavy atom. The number of esters is 1. The molecule has 26 heavy (non-hydrogen) atoms. The van der Waals surface area contributed by atoms with Crippen LogP contribution in [0.1, 0.15) is 27.7 Å². The molecule has 3 aliphatic rings. The molecule has 0 radical (unpaired) electrons. The molecule has 0 N–H and O–H groups in total. The summed E-state index contributed by atoms with van der Waals surface area (Å²) in [7, 11) is 0. The standard InChI is InChI=1S/C19H11NO6/c21-19-12-6-16-15(24-8-25-16)5-11(12)18(26-19)17-10-4-14-13(22-7-23-14)3-9(10)1-2-20-17/h1-6,18H,7-8H2. The van der Waals surface area contributed by atoms with Gasteiger partial charge in [-0.05, 0) is 35.7 Å². The molecule has 1 unspecified atom stereocenters. The summed E-state index contributed by atoms with van der Waals surface area (Å²) < 4.78 is 27.4. The summed E-state index contributed by atoms with van der Waals surface area (Å²) in [4.78, 5) is 16.9. The lowest BCUT2D eigenvalue weighted by Gasteiger charge is -2.13. The van der Waals surface area contributed by atoms with E-state index >= 15 is 0 Å². The molecular weight excluding hydrogens is 338 g/mol. The van der Waals surface area contributed by atoms with E-state index in [1.54, 1.807) is 18.3 Å². The van der Waals surface area contributed by atoms with Crippen LogP contribution in [0.3, 0.4) is 0 Å². The number of fused-ring (bicyclic) bond motifs is 4. The van der Waals surface area contributed by atoms with E-state index in [4.69, 9.17) is 23.7 Å². The highest BCUT2D eigenvalue weighted by molar-refractivity contribution is 5.97. The van der Waals surface area contributed by atoms with Crippen LogP contribution in [0.4, 0.5) is 0 Å². The van der Waals surface area contributed by atoms with Crippen molar-refractivity contribution in [2.24, 2.45) is 0 Å². The van der Waals surface area contributed by atoms with Crippen LogP contribution in [0, 0.1) is 0 Å². The second-order valence-electron chi connectivity index (χ2n) is 6.20. The Morgan fingerprint density at radius 2 is 1.58 bits per heavy atom. The first kappa shape index (κ1) is 13.8. The van der Waals surface area contributed by atoms with E-state index < -0.39 is 12.1 Å². The zero-order valence-electron chi connectivity index (χ0n) is 13.4. The van der Waals surface area contributed by atoms with Crippen molar-refractivity contribution in [2.75, 3.05) is 13.6 Å². The van der Waals surface area contributed by atoms with E-state index in [9.17, 15) is 4.79 Å². The number of carbonyl (C=O) groups is 1. The first-order chi connectivity index (χ1) is 12.8. The largest absolute Gasteiger partial charge is 0.454 e. The molecule has 0 saturated heterocycles. The minimum atomic E-state index is -0.615. The molecule has 4 heterocycles. The normalized spacial score (nSPS) is 18.9. The van der Waals surface area contributed by atoms with E-state index in [1.807, 2.05) is 18.2 Å². The number of rotatable bonds is 1. The summed E-state index contributed by atoms with van der Waals surface area (Å²) >= 11 is 0. The van der Waals surface area contributed by atoms with Gasteiger partial charge in [0.2, 0.25) is 13.6 Å². The van der Waals surface area contributed by atoms with Crippen molar-refractivity contribution in [3.8, 4) is 23.0 Å². The molecular formula is C19H11NO6. The third-order valence-corrected chi connectivity index (χ3v) is 4.81. The van der Waals surface area contributed by atoms with Crippen LogP contribution in [0.25, 0.3) is 10.8 Å². The minimum absolute atomic E-state index is 0.147. The zero-order chi connectivity index (χ0) is 17.3. The van der Waals surface area contributed by atoms with Crippen molar-refractivity contribution in [2.45, 2.75) is 6.10 Å². The summed E-state index contributed by atoms with van der Waals surface area (Å²) in [5.74, 6) is 2.10. The van der Waals surface area contributed by atoms with Crippen molar-refractivity contribution in [3.63, 3.8) is 0 Å². The maximum Gasteiger partial charge on any atom is 0.339 e. The fourth-order valence-corrected chi connectivity index (χ4v) is 3.58. The number of hydrogen-bond donors (Lipinski definition) is 0. The summed E-state index contributed by atoms with van der Waals surface area (Å²) in [5, 5.41) is 1.78. The van der Waals surface area contributed by atoms with E-state index in [0.717, 1.165) is 16.3 Å². The van der Waals surface area contributed by atoms with Crippen molar-refractivity contribution in [1.29, 1.82) is 0 Å². The first-order valence-electron chi connectivity index (χ1n) is 8.11. The lowest BCUT2D eigenvalue weighted by molar-refractivity contribution is 0.0451. The molecule has 7 heteroatoms. The molecule has 3 aromatic rings. The summed E-state index contributed by atoms with van der Waals surface area (Å²) in [5.41, 5.74) is 1.84. The van der Waals surface area contributed by atoms with Crippen molar-refractivity contribution >= 4 is 16.7 Å². The van der Waals surface area contributed by atoms with E-state index in [2.05, 4.69) is 4.98 Å². The molecule has 0 saturated carbocycles. The molecule has 1 aromatic heterocycles. The molecule has 7 nitrogen and oxygen atoms in total. The van der Waals surface area contributed by atoms with Crippen LogP contribution in [0.5, 0.6) is 23.0 Å². The number of nitrogens with zero attached hydrogens (tertiary/aromatic N) is 1. The molecule has 0 bridgehead atoms. The average molecular weight is 349 g/mol. The Balaban J connectivity index is 1.56. The highest BCUT2D eigenvalue weighted by Gasteiger charge is 2.37. The Hall–Kier alpha value is -3.48. The molecule has 0 fully saturated rings. The van der Waals surface area contributed by atoms with Crippen LogP contribution in [0.15, 0.2) is 36.5 Å². The maximum atomic E-state index is 12.4.